The Balaban J connectivity index is 0. The Labute approximate surface area is 104 Å². The summed E-state index contributed by atoms with van der Waals surface area (Å²) in [6.45, 7) is 2.02. The first-order valence-corrected chi connectivity index (χ1v) is 6.05. The van der Waals surface area contributed by atoms with Crippen molar-refractivity contribution in [1.82, 2.24) is 0 Å². The van der Waals surface area contributed by atoms with Crippen molar-refractivity contribution >= 4 is 45.2 Å². The van der Waals surface area contributed by atoms with Gasteiger partial charge in [-0.3, -0.25) is 0 Å². The Bertz CT molecular complexity index is 158. The van der Waals surface area contributed by atoms with Gasteiger partial charge in [0.05, 0.1) is 0 Å². The fraction of sp³-hybridized carbons (Fsp3) is 0.857. The van der Waals surface area contributed by atoms with Crippen LogP contribution in [0.2, 0.25) is 0 Å². The maximum absolute atomic E-state index is 5.33. The van der Waals surface area contributed by atoms with E-state index in [-0.39, 0.29) is 18.9 Å². The second-order valence-electron chi connectivity index (χ2n) is 2.34. The van der Waals surface area contributed by atoms with E-state index in [0.29, 0.717) is 11.5 Å². The van der Waals surface area contributed by atoms with Gasteiger partial charge >= 0.3 is 9.05 Å². The summed E-state index contributed by atoms with van der Waals surface area (Å²) in [6, 6.07) is 0. The molecule has 0 rings (SSSR count). The standard InChI is InChI=1S/C7H16O4SSi.Li/c1-5-6-7(12)11-13(8-2,9-3)10-4;/h5-6H2,1-4H3;. The molecule has 0 spiro atoms. The average molecular weight is 231 g/mol. The van der Waals surface area contributed by atoms with Crippen LogP contribution in [-0.4, -0.2) is 54.3 Å². The third-order valence-electron chi connectivity index (χ3n) is 1.44. The van der Waals surface area contributed by atoms with Gasteiger partial charge in [-0.1, -0.05) is 6.92 Å². The minimum Gasteiger partial charge on any atom is -0.474 e. The molecule has 4 nitrogen and oxygen atoms in total. The number of hydrogen-bond acceptors (Lipinski definition) is 5. The van der Waals surface area contributed by atoms with Crippen LogP contribution in [0.1, 0.15) is 19.8 Å². The second kappa shape index (κ2) is 8.86. The molecule has 14 heavy (non-hydrogen) atoms. The van der Waals surface area contributed by atoms with Gasteiger partial charge in [-0.25, -0.2) is 0 Å². The van der Waals surface area contributed by atoms with Crippen LogP contribution in [0.3, 0.4) is 0 Å². The van der Waals surface area contributed by atoms with Gasteiger partial charge in [0.15, 0.2) is 5.05 Å². The molecule has 0 amide bonds. The van der Waals surface area contributed by atoms with Crippen LogP contribution in [0.25, 0.3) is 0 Å². The SMILES string of the molecule is CCCC(=S)O[Si](OC)(OC)OC.[Li]. The minimum absolute atomic E-state index is 0. The third-order valence-corrected chi connectivity index (χ3v) is 3.87. The molecule has 7 heteroatoms. The monoisotopic (exact) mass is 231 g/mol. The molecule has 0 N–H and O–H groups in total. The van der Waals surface area contributed by atoms with Gasteiger partial charge < -0.3 is 17.7 Å². The van der Waals surface area contributed by atoms with Crippen molar-refractivity contribution in [2.75, 3.05) is 21.3 Å². The van der Waals surface area contributed by atoms with Gasteiger partial charge in [-0.05, 0) is 18.6 Å². The average Bonchev–Trinajstić information content (AvgIpc) is 2.15. The van der Waals surface area contributed by atoms with Crippen molar-refractivity contribution in [2.45, 2.75) is 19.8 Å². The van der Waals surface area contributed by atoms with E-state index in [2.05, 4.69) is 0 Å². The maximum atomic E-state index is 5.33. The molecule has 0 heterocycles. The zero-order valence-electron chi connectivity index (χ0n) is 9.46. The molecule has 0 bridgehead atoms. The fourth-order valence-electron chi connectivity index (χ4n) is 0.770. The quantitative estimate of drug-likeness (QED) is 0.506. The third kappa shape index (κ3) is 5.46. The van der Waals surface area contributed by atoms with Crippen LogP contribution in [0, 0.1) is 0 Å². The van der Waals surface area contributed by atoms with E-state index in [1.54, 1.807) is 0 Å². The van der Waals surface area contributed by atoms with Gasteiger partial charge in [-0.15, -0.1) is 0 Å². The molecule has 79 valence electrons. The van der Waals surface area contributed by atoms with Gasteiger partial charge in [0.25, 0.3) is 0 Å². The Hall–Kier alpha value is 0.584. The summed E-state index contributed by atoms with van der Waals surface area (Å²) in [7, 11) is 1.48. The van der Waals surface area contributed by atoms with Crippen LogP contribution in [0.5, 0.6) is 0 Å². The van der Waals surface area contributed by atoms with Crippen molar-refractivity contribution in [3.05, 3.63) is 0 Å². The molecular weight excluding hydrogens is 215 g/mol. The molecule has 0 saturated carbocycles. The van der Waals surface area contributed by atoms with Crippen molar-refractivity contribution < 1.29 is 17.7 Å². The smallest absolute Gasteiger partial charge is 0.474 e. The Morgan fingerprint density at radius 3 is 1.86 bits per heavy atom. The van der Waals surface area contributed by atoms with Crippen molar-refractivity contribution in [2.24, 2.45) is 0 Å². The maximum Gasteiger partial charge on any atom is 0.749 e. The summed E-state index contributed by atoms with van der Waals surface area (Å²) < 4.78 is 20.4. The van der Waals surface area contributed by atoms with E-state index >= 15 is 0 Å². The molecular formula is C7H16LiO4SSi. The molecule has 0 atom stereocenters. The van der Waals surface area contributed by atoms with Crippen LogP contribution >= 0.6 is 12.2 Å². The first-order valence-electron chi connectivity index (χ1n) is 4.01. The summed E-state index contributed by atoms with van der Waals surface area (Å²) in [5.41, 5.74) is 0. The first-order chi connectivity index (χ1) is 6.14. The molecule has 1 radical (unpaired) electrons. The largest absolute Gasteiger partial charge is 0.749 e. The zero-order valence-corrected chi connectivity index (χ0v) is 11.3. The van der Waals surface area contributed by atoms with E-state index in [0.717, 1.165) is 6.42 Å². The van der Waals surface area contributed by atoms with Gasteiger partial charge in [0.2, 0.25) is 0 Å². The summed E-state index contributed by atoms with van der Waals surface area (Å²) in [6.07, 6.45) is 1.64. The van der Waals surface area contributed by atoms with Crippen LogP contribution in [-0.2, 0) is 17.7 Å². The van der Waals surface area contributed by atoms with Crippen molar-refractivity contribution in [3.8, 4) is 0 Å². The summed E-state index contributed by atoms with van der Waals surface area (Å²) in [5.74, 6) is 0. The van der Waals surface area contributed by atoms with Crippen LogP contribution in [0.4, 0.5) is 0 Å². The van der Waals surface area contributed by atoms with Gasteiger partial charge in [-0.2, -0.15) is 0 Å². The molecule has 0 unspecified atom stereocenters. The second-order valence-corrected chi connectivity index (χ2v) is 5.22. The molecule has 0 aliphatic heterocycles. The van der Waals surface area contributed by atoms with E-state index in [9.17, 15) is 0 Å². The molecule has 0 aromatic carbocycles. The minimum atomic E-state index is -2.96. The van der Waals surface area contributed by atoms with Crippen molar-refractivity contribution in [1.29, 1.82) is 0 Å². The predicted octanol–water partition coefficient (Wildman–Crippen LogP) is 1.12. The van der Waals surface area contributed by atoms with Crippen molar-refractivity contribution in [3.63, 3.8) is 0 Å². The summed E-state index contributed by atoms with van der Waals surface area (Å²) >= 11 is 4.97. The zero-order chi connectivity index (χ0) is 10.3. The topological polar surface area (TPSA) is 36.9 Å². The number of rotatable bonds is 6. The molecule has 0 saturated heterocycles. The summed E-state index contributed by atoms with van der Waals surface area (Å²) in [4.78, 5) is 0. The first kappa shape index (κ1) is 17.0. The van der Waals surface area contributed by atoms with Gasteiger partial charge in [0.1, 0.15) is 0 Å². The molecule has 0 aromatic rings. The molecule has 0 aliphatic carbocycles. The van der Waals surface area contributed by atoms with E-state index in [1.807, 2.05) is 6.92 Å². The molecule has 0 aliphatic rings. The van der Waals surface area contributed by atoms with Crippen LogP contribution < -0.4 is 0 Å². The molecule has 0 aromatic heterocycles. The van der Waals surface area contributed by atoms with E-state index in [4.69, 9.17) is 29.9 Å². The normalized spacial score (nSPS) is 10.6. The number of thiocarbonyl (C=S) groups is 1. The fourth-order valence-corrected chi connectivity index (χ4v) is 2.41. The number of hydrogen-bond donors (Lipinski definition) is 0. The van der Waals surface area contributed by atoms with Crippen LogP contribution in [0.15, 0.2) is 0 Å². The Morgan fingerprint density at radius 2 is 1.57 bits per heavy atom. The summed E-state index contributed by atoms with van der Waals surface area (Å²) in [5, 5.41) is 0.472. The predicted molar refractivity (Wildman–Crippen MR) is 61.1 cm³/mol. The van der Waals surface area contributed by atoms with Gasteiger partial charge in [0, 0.05) is 46.6 Å². The molecule has 0 fully saturated rings. The van der Waals surface area contributed by atoms with E-state index < -0.39 is 9.05 Å². The van der Waals surface area contributed by atoms with E-state index in [1.165, 1.54) is 21.3 Å². The Kier molecular flexibility index (Phi) is 10.8. The Morgan fingerprint density at radius 1 is 1.14 bits per heavy atom.